The molecule has 0 aliphatic heterocycles. The number of nitrogens with zero attached hydrogens (tertiary/aromatic N) is 1. The maximum Gasteiger partial charge on any atom is 0.112 e. The average molecular weight is 312 g/mol. The van der Waals surface area contributed by atoms with Crippen LogP contribution < -0.4 is 5.32 Å². The van der Waals surface area contributed by atoms with Crippen molar-refractivity contribution in [2.45, 2.75) is 64.2 Å². The van der Waals surface area contributed by atoms with Crippen LogP contribution in [0.2, 0.25) is 0 Å². The van der Waals surface area contributed by atoms with Crippen molar-refractivity contribution in [2.75, 3.05) is 13.2 Å². The lowest BCUT2D eigenvalue weighted by molar-refractivity contribution is -0.0293. The molecule has 1 aliphatic rings. The molecule has 1 heterocycles. The van der Waals surface area contributed by atoms with Crippen LogP contribution in [0.4, 0.5) is 0 Å². The summed E-state index contributed by atoms with van der Waals surface area (Å²) in [6.45, 7) is 7.41. The van der Waals surface area contributed by atoms with E-state index in [0.29, 0.717) is 19.3 Å². The zero-order valence-corrected chi connectivity index (χ0v) is 14.2. The van der Waals surface area contributed by atoms with Crippen LogP contribution in [0.15, 0.2) is 11.6 Å². The van der Waals surface area contributed by atoms with Crippen molar-refractivity contribution < 1.29 is 9.84 Å². The van der Waals surface area contributed by atoms with Crippen molar-refractivity contribution in [3.8, 4) is 0 Å². The van der Waals surface area contributed by atoms with Crippen LogP contribution in [0, 0.1) is 5.92 Å². The Bertz CT molecular complexity index is 400. The minimum absolute atomic E-state index is 0.213. The van der Waals surface area contributed by atoms with Crippen molar-refractivity contribution in [2.24, 2.45) is 5.92 Å². The molecule has 1 fully saturated rings. The zero-order valence-electron chi connectivity index (χ0n) is 13.3. The van der Waals surface area contributed by atoms with Crippen LogP contribution in [0.5, 0.6) is 0 Å². The molecule has 0 radical (unpaired) electrons. The summed E-state index contributed by atoms with van der Waals surface area (Å²) in [5.74, 6) is 0.829. The van der Waals surface area contributed by atoms with Crippen LogP contribution in [0.1, 0.15) is 51.5 Å². The van der Waals surface area contributed by atoms with Crippen molar-refractivity contribution in [3.63, 3.8) is 0 Å². The van der Waals surface area contributed by atoms with Crippen molar-refractivity contribution in [1.29, 1.82) is 0 Å². The molecule has 1 atom stereocenters. The summed E-state index contributed by atoms with van der Waals surface area (Å²) in [4.78, 5) is 4.34. The van der Waals surface area contributed by atoms with Crippen LogP contribution in [-0.2, 0) is 10.3 Å². The smallest absolute Gasteiger partial charge is 0.112 e. The van der Waals surface area contributed by atoms with Gasteiger partial charge in [0.25, 0.3) is 0 Å². The molecule has 0 amide bonds. The van der Waals surface area contributed by atoms with Crippen molar-refractivity contribution >= 4 is 11.3 Å². The highest BCUT2D eigenvalue weighted by atomic mass is 32.1. The molecular weight excluding hydrogens is 284 g/mol. The van der Waals surface area contributed by atoms with Gasteiger partial charge in [0.15, 0.2) is 0 Å². The normalized spacial score (nSPS) is 25.0. The molecule has 0 spiro atoms. The minimum atomic E-state index is -0.469. The van der Waals surface area contributed by atoms with Gasteiger partial charge in [-0.05, 0) is 45.4 Å². The monoisotopic (exact) mass is 312 g/mol. The Kier molecular flexibility index (Phi) is 6.17. The Hall–Kier alpha value is -0.490. The lowest BCUT2D eigenvalue weighted by atomic mass is 9.89. The number of nitrogens with one attached hydrogen (secondary N) is 1. The van der Waals surface area contributed by atoms with Gasteiger partial charge >= 0.3 is 0 Å². The summed E-state index contributed by atoms with van der Waals surface area (Å²) in [6, 6.07) is 0. The Morgan fingerprint density at radius 1 is 1.43 bits per heavy atom. The van der Waals surface area contributed by atoms with Gasteiger partial charge in [0.2, 0.25) is 0 Å². The lowest BCUT2D eigenvalue weighted by Gasteiger charge is -2.28. The second-order valence-electron chi connectivity index (χ2n) is 6.71. The van der Waals surface area contributed by atoms with E-state index in [0.717, 1.165) is 23.8 Å². The number of aromatic nitrogens is 1. The second kappa shape index (κ2) is 7.68. The molecule has 1 saturated carbocycles. The van der Waals surface area contributed by atoms with Gasteiger partial charge in [-0.3, -0.25) is 0 Å². The topological polar surface area (TPSA) is 54.4 Å². The molecule has 5 heteroatoms. The molecule has 1 aromatic heterocycles. The molecule has 0 bridgehead atoms. The van der Waals surface area contributed by atoms with Crippen molar-refractivity contribution in [3.05, 3.63) is 16.6 Å². The summed E-state index contributed by atoms with van der Waals surface area (Å²) < 4.78 is 5.85. The average Bonchev–Trinajstić information content (AvgIpc) is 3.00. The van der Waals surface area contributed by atoms with E-state index in [-0.39, 0.29) is 5.54 Å². The predicted molar refractivity (Wildman–Crippen MR) is 86.5 cm³/mol. The Morgan fingerprint density at radius 3 is 2.76 bits per heavy atom. The number of thiazole rings is 1. The summed E-state index contributed by atoms with van der Waals surface area (Å²) >= 11 is 1.63. The van der Waals surface area contributed by atoms with E-state index in [1.807, 2.05) is 11.6 Å². The summed E-state index contributed by atoms with van der Waals surface area (Å²) in [7, 11) is 0. The summed E-state index contributed by atoms with van der Waals surface area (Å²) in [6.07, 6.45) is 6.43. The van der Waals surface area contributed by atoms with Gasteiger partial charge in [-0.25, -0.2) is 4.98 Å². The Morgan fingerprint density at radius 2 is 2.14 bits per heavy atom. The molecule has 1 unspecified atom stereocenters. The molecule has 2 N–H and O–H groups in total. The highest BCUT2D eigenvalue weighted by Gasteiger charge is 2.24. The highest BCUT2D eigenvalue weighted by molar-refractivity contribution is 7.09. The first kappa shape index (κ1) is 16.9. The third kappa shape index (κ3) is 5.33. The van der Waals surface area contributed by atoms with Crippen LogP contribution in [-0.4, -0.2) is 35.5 Å². The van der Waals surface area contributed by atoms with Gasteiger partial charge < -0.3 is 15.2 Å². The fraction of sp³-hybridized carbons (Fsp3) is 0.812. The minimum Gasteiger partial charge on any atom is -0.389 e. The molecule has 1 aromatic rings. The first-order valence-electron chi connectivity index (χ1n) is 7.92. The van der Waals surface area contributed by atoms with Crippen LogP contribution in [0.25, 0.3) is 0 Å². The van der Waals surface area contributed by atoms with Crippen molar-refractivity contribution in [1.82, 2.24) is 10.3 Å². The molecule has 2 rings (SSSR count). The number of aliphatic hydroxyl groups is 1. The van der Waals surface area contributed by atoms with Gasteiger partial charge in [0.1, 0.15) is 5.01 Å². The highest BCUT2D eigenvalue weighted by Crippen LogP contribution is 2.25. The Balaban J connectivity index is 1.66. The van der Waals surface area contributed by atoms with E-state index in [2.05, 4.69) is 31.1 Å². The van der Waals surface area contributed by atoms with Gasteiger partial charge in [-0.1, -0.05) is 6.92 Å². The van der Waals surface area contributed by atoms with Gasteiger partial charge in [-0.2, -0.15) is 0 Å². The van der Waals surface area contributed by atoms with Crippen LogP contribution in [0.3, 0.4) is 0 Å². The number of hydrogen-bond donors (Lipinski definition) is 2. The summed E-state index contributed by atoms with van der Waals surface area (Å²) in [5, 5.41) is 16.5. The van der Waals surface area contributed by atoms with E-state index in [1.54, 1.807) is 11.3 Å². The van der Waals surface area contributed by atoms with E-state index < -0.39 is 6.10 Å². The largest absolute Gasteiger partial charge is 0.389 e. The first-order chi connectivity index (χ1) is 9.97. The van der Waals surface area contributed by atoms with Gasteiger partial charge in [-0.15, -0.1) is 11.3 Å². The lowest BCUT2D eigenvalue weighted by Crippen LogP contribution is -2.42. The predicted octanol–water partition coefficient (Wildman–Crippen LogP) is 2.92. The fourth-order valence-electron chi connectivity index (χ4n) is 2.68. The number of ether oxygens (including phenoxy) is 1. The quantitative estimate of drug-likeness (QED) is 0.813. The first-order valence-corrected chi connectivity index (χ1v) is 8.80. The Labute approximate surface area is 131 Å². The molecule has 0 saturated heterocycles. The maximum atomic E-state index is 10.1. The zero-order chi connectivity index (χ0) is 15.3. The van der Waals surface area contributed by atoms with E-state index in [4.69, 9.17) is 4.74 Å². The number of aliphatic hydroxyl groups excluding tert-OH is 1. The van der Waals surface area contributed by atoms with Gasteiger partial charge in [0, 0.05) is 18.1 Å². The third-order valence-corrected chi connectivity index (χ3v) is 5.33. The van der Waals surface area contributed by atoms with E-state index >= 15 is 0 Å². The van der Waals surface area contributed by atoms with Gasteiger partial charge in [0.05, 0.1) is 24.4 Å². The molecule has 1 aliphatic carbocycles. The SMILES string of the molecule is CC1CCC(OCC(O)CNC(C)(C)c2nccs2)CC1. The number of rotatable bonds is 7. The molecule has 120 valence electrons. The van der Waals surface area contributed by atoms with E-state index in [1.165, 1.54) is 12.8 Å². The third-order valence-electron chi connectivity index (χ3n) is 4.23. The molecular formula is C16H28N2O2S. The molecule has 4 nitrogen and oxygen atoms in total. The second-order valence-corrected chi connectivity index (χ2v) is 7.61. The molecule has 21 heavy (non-hydrogen) atoms. The standard InChI is InChI=1S/C16H28N2O2S/c1-12-4-6-14(7-5-12)20-11-13(19)10-18-16(2,3)15-17-8-9-21-15/h8-9,12-14,18-19H,4-7,10-11H2,1-3H3. The summed E-state index contributed by atoms with van der Waals surface area (Å²) in [5.41, 5.74) is -0.213. The maximum absolute atomic E-state index is 10.1. The fourth-order valence-corrected chi connectivity index (χ4v) is 3.42. The van der Waals surface area contributed by atoms with E-state index in [9.17, 15) is 5.11 Å². The molecule has 0 aromatic carbocycles. The van der Waals surface area contributed by atoms with Crippen LogP contribution >= 0.6 is 11.3 Å². The number of hydrogen-bond acceptors (Lipinski definition) is 5.